The molecule has 2 aliphatic rings. The fourth-order valence-electron chi connectivity index (χ4n) is 14.2. The second kappa shape index (κ2) is 16.5. The van der Waals surface area contributed by atoms with Gasteiger partial charge in [-0.2, -0.15) is 0 Å². The highest BCUT2D eigenvalue weighted by Gasteiger charge is 2.49. The first-order chi connectivity index (χ1) is 40.7. The fourth-order valence-corrected chi connectivity index (χ4v) is 15.5. The molecule has 0 atom stereocenters. The molecule has 8 heteroatoms. The Morgan fingerprint density at radius 1 is 0.329 bits per heavy atom. The molecule has 0 saturated carbocycles. The second-order valence-electron chi connectivity index (χ2n) is 21.8. The van der Waals surface area contributed by atoms with Gasteiger partial charge in [0.1, 0.15) is 16.7 Å². The average Bonchev–Trinajstić information content (AvgIpc) is 1.62. The molecule has 19 rings (SSSR count). The monoisotopic (exact) mass is 1060 g/mol. The molecule has 0 bridgehead atoms. The van der Waals surface area contributed by atoms with E-state index in [1.54, 1.807) is 0 Å². The third-order valence-corrected chi connectivity index (χ3v) is 18.8. The molecule has 0 radical (unpaired) electrons. The molecule has 0 amide bonds. The van der Waals surface area contributed by atoms with Crippen LogP contribution in [0.4, 0.5) is 34.1 Å². The summed E-state index contributed by atoms with van der Waals surface area (Å²) in [4.78, 5) is 5.10. The normalized spacial score (nSPS) is 13.0. The molecular weight excluding hydrogens is 1020 g/mol. The number of anilines is 6. The van der Waals surface area contributed by atoms with E-state index in [0.717, 1.165) is 144 Å². The van der Waals surface area contributed by atoms with Crippen molar-refractivity contribution in [1.82, 2.24) is 4.57 Å². The highest BCUT2D eigenvalue weighted by molar-refractivity contribution is 7.33. The quantitative estimate of drug-likeness (QED) is 0.161. The molecule has 0 spiro atoms. The lowest BCUT2D eigenvalue weighted by molar-refractivity contribution is 0.666. The van der Waals surface area contributed by atoms with E-state index in [1.807, 2.05) is 11.3 Å². The highest BCUT2D eigenvalue weighted by Crippen LogP contribution is 2.57. The lowest BCUT2D eigenvalue weighted by atomic mass is 9.36. The lowest BCUT2D eigenvalue weighted by Gasteiger charge is -2.43. The van der Waals surface area contributed by atoms with Gasteiger partial charge in [0.15, 0.2) is 16.7 Å². The van der Waals surface area contributed by atoms with Gasteiger partial charge in [0.25, 0.3) is 6.71 Å². The number of benzene rings is 12. The fraction of sp³-hybridized carbons (Fsp3) is 0. The summed E-state index contributed by atoms with van der Waals surface area (Å²) >= 11 is 1.89. The Hall–Kier alpha value is -10.5. The van der Waals surface area contributed by atoms with Crippen molar-refractivity contribution in [2.45, 2.75) is 0 Å². The van der Waals surface area contributed by atoms with Gasteiger partial charge >= 0.3 is 0 Å². The van der Waals surface area contributed by atoms with Gasteiger partial charge < -0.3 is 27.6 Å². The zero-order valence-electron chi connectivity index (χ0n) is 43.8. The Kier molecular flexibility index (Phi) is 8.93. The number of furan rings is 3. The summed E-state index contributed by atoms with van der Waals surface area (Å²) < 4.78 is 27.0. The van der Waals surface area contributed by atoms with Crippen LogP contribution in [0.1, 0.15) is 0 Å². The van der Waals surface area contributed by atoms with Gasteiger partial charge in [-0.3, -0.25) is 0 Å². The minimum Gasteiger partial charge on any atom is -0.454 e. The zero-order chi connectivity index (χ0) is 53.3. The summed E-state index contributed by atoms with van der Waals surface area (Å²) in [5.74, 6) is 0. The summed E-state index contributed by atoms with van der Waals surface area (Å²) in [5, 5.41) is 9.91. The highest BCUT2D eigenvalue weighted by atomic mass is 32.1. The van der Waals surface area contributed by atoms with E-state index in [4.69, 9.17) is 13.3 Å². The topological polar surface area (TPSA) is 50.8 Å². The van der Waals surface area contributed by atoms with E-state index in [1.165, 1.54) is 31.1 Å². The first-order valence-corrected chi connectivity index (χ1v) is 28.8. The van der Waals surface area contributed by atoms with E-state index in [2.05, 4.69) is 269 Å². The molecule has 0 saturated heterocycles. The molecule has 0 fully saturated rings. The molecule has 12 aromatic carbocycles. The summed E-state index contributed by atoms with van der Waals surface area (Å²) in [6.45, 7) is -0.268. The first-order valence-electron chi connectivity index (χ1n) is 27.9. The van der Waals surface area contributed by atoms with E-state index in [0.29, 0.717) is 0 Å². The maximum absolute atomic E-state index is 7.47. The van der Waals surface area contributed by atoms with E-state index in [-0.39, 0.29) is 6.71 Å². The molecule has 82 heavy (non-hydrogen) atoms. The third-order valence-electron chi connectivity index (χ3n) is 17.6. The third kappa shape index (κ3) is 5.92. The van der Waals surface area contributed by atoms with Crippen LogP contribution in [0.25, 0.3) is 126 Å². The number of fused-ring (bicyclic) bond motifs is 19. The molecule has 5 aromatic heterocycles. The average molecular weight is 1060 g/mol. The molecule has 380 valence electrons. The first kappa shape index (κ1) is 44.3. The summed E-state index contributed by atoms with van der Waals surface area (Å²) in [6, 6.07) is 92.3. The van der Waals surface area contributed by atoms with Crippen molar-refractivity contribution in [1.29, 1.82) is 0 Å². The Labute approximate surface area is 473 Å². The molecule has 2 aliphatic heterocycles. The van der Waals surface area contributed by atoms with Gasteiger partial charge in [0.05, 0.1) is 33.8 Å². The van der Waals surface area contributed by atoms with Gasteiger partial charge in [-0.15, -0.1) is 11.3 Å². The van der Waals surface area contributed by atoms with E-state index >= 15 is 0 Å². The van der Waals surface area contributed by atoms with Crippen molar-refractivity contribution in [3.05, 3.63) is 255 Å². The number of rotatable bonds is 5. The lowest BCUT2D eigenvalue weighted by Crippen LogP contribution is -2.60. The number of thiophene rings is 1. The standard InChI is InChI=1S/C74H42BN3O3S/c1-3-19-43(20-4-1)46-36-38-53-50-25-9-15-31-62(50)79-71(53)67(46)77-60-40-35-45(76-58-29-13-7-23-48(58)49-24-8-14-30-59(49)76)41-57(60)75-66-61(42-56-52-27-11-17-33-64(52)81-73(56)70(66)77)78(69-55-28-12-18-34-65(55)82-74(69)75)68-47(44-21-5-2-6-22-44)37-39-54-51-26-10-16-32-63(51)80-72(54)68/h1-42H. The minimum absolute atomic E-state index is 0.268. The van der Waals surface area contributed by atoms with Crippen molar-refractivity contribution in [2.75, 3.05) is 9.80 Å². The van der Waals surface area contributed by atoms with Crippen LogP contribution in [-0.2, 0) is 0 Å². The number of hydrogen-bond acceptors (Lipinski definition) is 6. The molecule has 7 heterocycles. The van der Waals surface area contributed by atoms with Crippen LogP contribution < -0.4 is 25.5 Å². The van der Waals surface area contributed by atoms with Crippen LogP contribution in [0.15, 0.2) is 268 Å². The van der Waals surface area contributed by atoms with Crippen molar-refractivity contribution in [3.63, 3.8) is 0 Å². The smallest absolute Gasteiger partial charge is 0.264 e. The van der Waals surface area contributed by atoms with Crippen LogP contribution >= 0.6 is 11.3 Å². The summed E-state index contributed by atoms with van der Waals surface area (Å²) in [6.07, 6.45) is 0. The summed E-state index contributed by atoms with van der Waals surface area (Å²) in [7, 11) is 0. The Morgan fingerprint density at radius 2 is 0.793 bits per heavy atom. The van der Waals surface area contributed by atoms with Crippen molar-refractivity contribution >= 4 is 166 Å². The van der Waals surface area contributed by atoms with Gasteiger partial charge in [-0.25, -0.2) is 0 Å². The van der Waals surface area contributed by atoms with Gasteiger partial charge in [-0.1, -0.05) is 182 Å². The number of nitrogens with zero attached hydrogens (tertiary/aromatic N) is 3. The summed E-state index contributed by atoms with van der Waals surface area (Å²) in [5.41, 5.74) is 21.1. The number of aromatic nitrogens is 1. The van der Waals surface area contributed by atoms with Crippen LogP contribution in [0.3, 0.4) is 0 Å². The Balaban J connectivity index is 1.03. The van der Waals surface area contributed by atoms with Crippen LogP contribution in [0, 0.1) is 0 Å². The molecule has 0 unspecified atom stereocenters. The van der Waals surface area contributed by atoms with E-state index in [9.17, 15) is 0 Å². The van der Waals surface area contributed by atoms with Crippen molar-refractivity contribution < 1.29 is 13.3 Å². The van der Waals surface area contributed by atoms with Crippen LogP contribution in [0.5, 0.6) is 0 Å². The maximum atomic E-state index is 7.47. The maximum Gasteiger partial charge on any atom is 0.264 e. The van der Waals surface area contributed by atoms with Crippen molar-refractivity contribution in [3.8, 4) is 27.9 Å². The molecule has 0 aliphatic carbocycles. The largest absolute Gasteiger partial charge is 0.454 e. The van der Waals surface area contributed by atoms with Gasteiger partial charge in [0.2, 0.25) is 0 Å². The van der Waals surface area contributed by atoms with Crippen LogP contribution in [-0.4, -0.2) is 11.3 Å². The number of para-hydroxylation sites is 5. The van der Waals surface area contributed by atoms with Gasteiger partial charge in [0, 0.05) is 86.1 Å². The van der Waals surface area contributed by atoms with Crippen LogP contribution in [0.2, 0.25) is 0 Å². The zero-order valence-corrected chi connectivity index (χ0v) is 44.6. The minimum atomic E-state index is -0.268. The number of hydrogen-bond donors (Lipinski definition) is 0. The Morgan fingerprint density at radius 3 is 1.37 bits per heavy atom. The molecular formula is C74H42BN3O3S. The molecule has 17 aromatic rings. The predicted molar refractivity (Wildman–Crippen MR) is 343 cm³/mol. The Bertz CT molecular complexity index is 5520. The van der Waals surface area contributed by atoms with Gasteiger partial charge in [-0.05, 0) is 94.8 Å². The van der Waals surface area contributed by atoms with E-state index < -0.39 is 0 Å². The molecule has 0 N–H and O–H groups in total. The predicted octanol–water partition coefficient (Wildman–Crippen LogP) is 19.1. The van der Waals surface area contributed by atoms with Crippen molar-refractivity contribution in [2.24, 2.45) is 0 Å². The second-order valence-corrected chi connectivity index (χ2v) is 22.8. The molecule has 6 nitrogen and oxygen atoms in total. The SMILES string of the molecule is c1ccc(-c2ccc3c(oc4ccccc43)c2N2c3cc4c(oc5ccccc54)c4c3B(c3cc(-n5c6ccccc6c6ccccc65)ccc3N4c3c(-c4ccccc4)ccc4c3oc3ccccc34)c3sc4ccccc4c32)cc1.